The van der Waals surface area contributed by atoms with Gasteiger partial charge in [0.25, 0.3) is 5.95 Å². The van der Waals surface area contributed by atoms with Gasteiger partial charge < -0.3 is 18.7 Å². The highest BCUT2D eigenvalue weighted by Crippen LogP contribution is 2.18. The van der Waals surface area contributed by atoms with Crippen molar-refractivity contribution in [1.82, 2.24) is 0 Å². The summed E-state index contributed by atoms with van der Waals surface area (Å²) in [6, 6.07) is 7.04. The summed E-state index contributed by atoms with van der Waals surface area (Å²) in [6.07, 6.45) is 0. The van der Waals surface area contributed by atoms with Crippen molar-refractivity contribution in [2.24, 2.45) is 0 Å². The standard InChI is InChI=1S/C10H9IO4/c11-9-3-1-8(14-9)6-13-10-4-2-7(5-12)15-10/h1-4,12H,5-6H2. The molecule has 2 rings (SSSR count). The molecule has 0 saturated heterocycles. The van der Waals surface area contributed by atoms with E-state index in [1.165, 1.54) is 0 Å². The van der Waals surface area contributed by atoms with Gasteiger partial charge in [-0.3, -0.25) is 0 Å². The smallest absolute Gasteiger partial charge is 0.284 e. The molecule has 2 aromatic heterocycles. The molecular weight excluding hydrogens is 311 g/mol. The molecule has 2 heterocycles. The van der Waals surface area contributed by atoms with Gasteiger partial charge >= 0.3 is 0 Å². The van der Waals surface area contributed by atoms with Crippen molar-refractivity contribution in [2.45, 2.75) is 13.2 Å². The van der Waals surface area contributed by atoms with E-state index >= 15 is 0 Å². The van der Waals surface area contributed by atoms with E-state index < -0.39 is 0 Å². The van der Waals surface area contributed by atoms with Crippen molar-refractivity contribution >= 4 is 22.6 Å². The monoisotopic (exact) mass is 320 g/mol. The number of aliphatic hydroxyl groups excluding tert-OH is 1. The fourth-order valence-electron chi connectivity index (χ4n) is 1.09. The Hall–Kier alpha value is -0.950. The van der Waals surface area contributed by atoms with Crippen molar-refractivity contribution in [3.05, 3.63) is 39.6 Å². The molecule has 80 valence electrons. The van der Waals surface area contributed by atoms with Gasteiger partial charge in [0.15, 0.2) is 3.77 Å². The van der Waals surface area contributed by atoms with Crippen LogP contribution in [-0.2, 0) is 13.2 Å². The third-order valence-corrected chi connectivity index (χ3v) is 2.36. The largest absolute Gasteiger partial charge is 0.457 e. The lowest BCUT2D eigenvalue weighted by Crippen LogP contribution is -1.91. The highest BCUT2D eigenvalue weighted by atomic mass is 127. The molecule has 0 spiro atoms. The predicted octanol–water partition coefficient (Wildman–Crippen LogP) is 2.55. The number of halogens is 1. The summed E-state index contributed by atoms with van der Waals surface area (Å²) >= 11 is 2.09. The van der Waals surface area contributed by atoms with Gasteiger partial charge in [0, 0.05) is 6.07 Å². The summed E-state index contributed by atoms with van der Waals surface area (Å²) in [5, 5.41) is 8.77. The SMILES string of the molecule is OCc1ccc(OCc2ccc(I)o2)o1. The van der Waals surface area contributed by atoms with Gasteiger partial charge in [0.1, 0.15) is 24.7 Å². The average molecular weight is 320 g/mol. The Balaban J connectivity index is 1.93. The van der Waals surface area contributed by atoms with Crippen LogP contribution in [0.15, 0.2) is 33.1 Å². The molecular formula is C10H9IO4. The van der Waals surface area contributed by atoms with Gasteiger partial charge in [-0.15, -0.1) is 0 Å². The van der Waals surface area contributed by atoms with E-state index in [0.717, 1.165) is 9.53 Å². The van der Waals surface area contributed by atoms with Crippen LogP contribution in [0.1, 0.15) is 11.5 Å². The summed E-state index contributed by atoms with van der Waals surface area (Å²) in [4.78, 5) is 0. The number of aliphatic hydroxyl groups is 1. The second-order valence-electron chi connectivity index (χ2n) is 2.87. The lowest BCUT2D eigenvalue weighted by molar-refractivity contribution is 0.186. The Labute approximate surface area is 100.0 Å². The Morgan fingerprint density at radius 3 is 2.53 bits per heavy atom. The van der Waals surface area contributed by atoms with Crippen molar-refractivity contribution in [2.75, 3.05) is 0 Å². The Morgan fingerprint density at radius 1 is 1.13 bits per heavy atom. The number of hydrogen-bond acceptors (Lipinski definition) is 4. The van der Waals surface area contributed by atoms with Crippen LogP contribution in [0.25, 0.3) is 0 Å². The van der Waals surface area contributed by atoms with Crippen LogP contribution in [0, 0.1) is 3.77 Å². The summed E-state index contributed by atoms with van der Waals surface area (Å²) in [6.45, 7) is 0.198. The van der Waals surface area contributed by atoms with E-state index in [2.05, 4.69) is 22.6 Å². The van der Waals surface area contributed by atoms with Crippen LogP contribution < -0.4 is 4.74 Å². The number of rotatable bonds is 4. The van der Waals surface area contributed by atoms with Crippen LogP contribution in [0.5, 0.6) is 5.95 Å². The van der Waals surface area contributed by atoms with Gasteiger partial charge in [-0.05, 0) is 40.8 Å². The third-order valence-electron chi connectivity index (χ3n) is 1.78. The molecule has 0 bridgehead atoms. The minimum absolute atomic E-state index is 0.123. The molecule has 4 nitrogen and oxygen atoms in total. The average Bonchev–Trinajstić information content (AvgIpc) is 2.83. The minimum atomic E-state index is -0.123. The fourth-order valence-corrected chi connectivity index (χ4v) is 1.55. The van der Waals surface area contributed by atoms with E-state index in [9.17, 15) is 0 Å². The molecule has 0 radical (unpaired) electrons. The molecule has 0 saturated carbocycles. The Bertz CT molecular complexity index is 432. The first-order chi connectivity index (χ1) is 7.28. The van der Waals surface area contributed by atoms with Gasteiger partial charge in [-0.2, -0.15) is 0 Å². The van der Waals surface area contributed by atoms with Crippen LogP contribution in [0.4, 0.5) is 0 Å². The van der Waals surface area contributed by atoms with Crippen molar-refractivity contribution in [3.8, 4) is 5.95 Å². The van der Waals surface area contributed by atoms with Gasteiger partial charge in [-0.1, -0.05) is 0 Å². The maximum absolute atomic E-state index is 8.77. The maximum atomic E-state index is 8.77. The molecule has 0 amide bonds. The first-order valence-electron chi connectivity index (χ1n) is 4.34. The summed E-state index contributed by atoms with van der Waals surface area (Å²) in [5.41, 5.74) is 0. The maximum Gasteiger partial charge on any atom is 0.284 e. The lowest BCUT2D eigenvalue weighted by atomic mass is 10.5. The number of hydrogen-bond donors (Lipinski definition) is 1. The molecule has 1 N–H and O–H groups in total. The molecule has 15 heavy (non-hydrogen) atoms. The quantitative estimate of drug-likeness (QED) is 0.880. The van der Waals surface area contributed by atoms with Crippen LogP contribution in [0.2, 0.25) is 0 Å². The molecule has 5 heteroatoms. The van der Waals surface area contributed by atoms with Crippen molar-refractivity contribution in [3.63, 3.8) is 0 Å². The van der Waals surface area contributed by atoms with Crippen LogP contribution in [0.3, 0.4) is 0 Å². The van der Waals surface area contributed by atoms with Crippen molar-refractivity contribution < 1.29 is 18.7 Å². The fraction of sp³-hybridized carbons (Fsp3) is 0.200. The van der Waals surface area contributed by atoms with E-state index in [1.54, 1.807) is 12.1 Å². The minimum Gasteiger partial charge on any atom is -0.457 e. The Kier molecular flexibility index (Phi) is 3.32. The topological polar surface area (TPSA) is 55.7 Å². The Morgan fingerprint density at radius 2 is 1.93 bits per heavy atom. The van der Waals surface area contributed by atoms with Gasteiger partial charge in [-0.25, -0.2) is 0 Å². The molecule has 2 aromatic rings. The lowest BCUT2D eigenvalue weighted by Gasteiger charge is -1.98. The van der Waals surface area contributed by atoms with Crippen molar-refractivity contribution in [1.29, 1.82) is 0 Å². The van der Waals surface area contributed by atoms with Gasteiger partial charge in [0.05, 0.1) is 0 Å². The van der Waals surface area contributed by atoms with E-state index in [-0.39, 0.29) is 6.61 Å². The van der Waals surface area contributed by atoms with E-state index in [0.29, 0.717) is 18.3 Å². The second-order valence-corrected chi connectivity index (χ2v) is 3.94. The zero-order valence-electron chi connectivity index (χ0n) is 7.77. The van der Waals surface area contributed by atoms with Crippen LogP contribution in [-0.4, -0.2) is 5.11 Å². The molecule has 0 fully saturated rings. The molecule has 0 aliphatic carbocycles. The predicted molar refractivity (Wildman–Crippen MR) is 60.4 cm³/mol. The first kappa shape index (κ1) is 10.6. The van der Waals surface area contributed by atoms with Gasteiger partial charge in [0.2, 0.25) is 0 Å². The second kappa shape index (κ2) is 4.71. The van der Waals surface area contributed by atoms with Crippen LogP contribution >= 0.6 is 22.6 Å². The zero-order chi connectivity index (χ0) is 10.7. The molecule has 0 aliphatic rings. The number of ether oxygens (including phenoxy) is 1. The van der Waals surface area contributed by atoms with E-state index in [4.69, 9.17) is 18.7 Å². The molecule has 0 unspecified atom stereocenters. The molecule has 0 aliphatic heterocycles. The first-order valence-corrected chi connectivity index (χ1v) is 5.42. The normalized spacial score (nSPS) is 10.5. The molecule has 0 atom stereocenters. The highest BCUT2D eigenvalue weighted by molar-refractivity contribution is 14.1. The van der Waals surface area contributed by atoms with E-state index in [1.807, 2.05) is 12.1 Å². The third kappa shape index (κ3) is 2.75. The zero-order valence-corrected chi connectivity index (χ0v) is 9.93. The summed E-state index contributed by atoms with van der Waals surface area (Å²) in [7, 11) is 0. The number of furan rings is 2. The summed E-state index contributed by atoms with van der Waals surface area (Å²) in [5.74, 6) is 1.60. The summed E-state index contributed by atoms with van der Waals surface area (Å²) < 4.78 is 16.6. The molecule has 0 aromatic carbocycles. The highest BCUT2D eigenvalue weighted by Gasteiger charge is 2.04.